The number of amides is 1. The van der Waals surface area contributed by atoms with E-state index in [0.29, 0.717) is 25.2 Å². The molecule has 0 saturated heterocycles. The number of carbonyl (C=O) groups is 1. The summed E-state index contributed by atoms with van der Waals surface area (Å²) in [5.74, 6) is -2.28. The van der Waals surface area contributed by atoms with Crippen LogP contribution in [0.1, 0.15) is 28.0 Å². The summed E-state index contributed by atoms with van der Waals surface area (Å²) in [5.41, 5.74) is 4.31. The highest BCUT2D eigenvalue weighted by Gasteiger charge is 2.31. The van der Waals surface area contributed by atoms with E-state index in [2.05, 4.69) is 25.6 Å². The van der Waals surface area contributed by atoms with E-state index in [-0.39, 0.29) is 41.6 Å². The van der Waals surface area contributed by atoms with Crippen molar-refractivity contribution in [3.63, 3.8) is 0 Å². The largest absolute Gasteiger partial charge is 0.417 e. The van der Waals surface area contributed by atoms with Crippen molar-refractivity contribution in [1.29, 1.82) is 0 Å². The summed E-state index contributed by atoms with van der Waals surface area (Å²) >= 11 is 0. The molecule has 7 nitrogen and oxygen atoms in total. The molecule has 4 N–H and O–H groups in total. The van der Waals surface area contributed by atoms with Crippen LogP contribution in [0.25, 0.3) is 11.4 Å². The Hall–Kier alpha value is -3.67. The van der Waals surface area contributed by atoms with E-state index in [1.807, 2.05) is 0 Å². The number of rotatable bonds is 8. The second kappa shape index (κ2) is 10.3. The summed E-state index contributed by atoms with van der Waals surface area (Å²) in [6.45, 7) is 0.488. The summed E-state index contributed by atoms with van der Waals surface area (Å²) in [4.78, 5) is 24.3. The van der Waals surface area contributed by atoms with Crippen molar-refractivity contribution in [2.45, 2.75) is 19.1 Å². The van der Waals surface area contributed by atoms with Crippen molar-refractivity contribution in [3.8, 4) is 11.4 Å². The monoisotopic (exact) mass is 466 g/mol. The highest BCUT2D eigenvalue weighted by molar-refractivity contribution is 5.93. The van der Waals surface area contributed by atoms with Crippen molar-refractivity contribution >= 4 is 11.7 Å². The topological polar surface area (TPSA) is 106 Å². The first-order valence-corrected chi connectivity index (χ1v) is 9.75. The number of nitrogens with one attached hydrogen (secondary N) is 2. The van der Waals surface area contributed by atoms with Gasteiger partial charge in [0.15, 0.2) is 5.82 Å². The van der Waals surface area contributed by atoms with Gasteiger partial charge in [-0.3, -0.25) is 9.78 Å². The highest BCUT2D eigenvalue weighted by Crippen LogP contribution is 2.31. The minimum atomic E-state index is -4.64. The SMILES string of the molecule is NCCCNC(=O)c1cc(NCc2ccc(F)cc2F)nc(-c2cncc(C(F)(F)F)c2)n1. The lowest BCUT2D eigenvalue weighted by Gasteiger charge is -2.12. The predicted octanol–water partition coefficient (Wildman–Crippen LogP) is 3.53. The van der Waals surface area contributed by atoms with Crippen LogP contribution in [-0.2, 0) is 12.7 Å². The normalized spacial score (nSPS) is 11.3. The molecule has 0 aliphatic carbocycles. The molecule has 174 valence electrons. The Morgan fingerprint density at radius 2 is 1.85 bits per heavy atom. The molecule has 3 rings (SSSR count). The lowest BCUT2D eigenvalue weighted by atomic mass is 10.2. The second-order valence-electron chi connectivity index (χ2n) is 6.91. The third kappa shape index (κ3) is 6.42. The van der Waals surface area contributed by atoms with Gasteiger partial charge in [-0.15, -0.1) is 0 Å². The minimum absolute atomic E-state index is 0.0464. The van der Waals surface area contributed by atoms with Gasteiger partial charge in [0.05, 0.1) is 5.56 Å². The highest BCUT2D eigenvalue weighted by atomic mass is 19.4. The number of halogens is 5. The number of hydrogen-bond donors (Lipinski definition) is 3. The van der Waals surface area contributed by atoms with Crippen LogP contribution in [0.4, 0.5) is 27.8 Å². The molecular formula is C21H19F5N6O. The molecule has 0 aliphatic rings. The van der Waals surface area contributed by atoms with E-state index in [0.717, 1.165) is 18.3 Å². The van der Waals surface area contributed by atoms with E-state index in [1.165, 1.54) is 12.1 Å². The Labute approximate surface area is 185 Å². The molecule has 2 aromatic heterocycles. The molecule has 12 heteroatoms. The van der Waals surface area contributed by atoms with E-state index < -0.39 is 29.3 Å². The Morgan fingerprint density at radius 3 is 2.55 bits per heavy atom. The first kappa shape index (κ1) is 24.0. The molecule has 0 radical (unpaired) electrons. The molecule has 3 aromatic rings. The zero-order valence-electron chi connectivity index (χ0n) is 17.1. The number of hydrogen-bond acceptors (Lipinski definition) is 6. The third-order valence-electron chi connectivity index (χ3n) is 4.42. The van der Waals surface area contributed by atoms with Crippen LogP contribution in [-0.4, -0.2) is 33.9 Å². The molecule has 0 spiro atoms. The van der Waals surface area contributed by atoms with Gasteiger partial charge in [0, 0.05) is 48.7 Å². The van der Waals surface area contributed by atoms with Crippen molar-refractivity contribution < 1.29 is 26.7 Å². The van der Waals surface area contributed by atoms with Gasteiger partial charge in [0.2, 0.25) is 0 Å². The molecule has 1 aromatic carbocycles. The second-order valence-corrected chi connectivity index (χ2v) is 6.91. The fourth-order valence-electron chi connectivity index (χ4n) is 2.75. The fraction of sp³-hybridized carbons (Fsp3) is 0.238. The number of anilines is 1. The van der Waals surface area contributed by atoms with Gasteiger partial charge in [-0.05, 0) is 25.1 Å². The van der Waals surface area contributed by atoms with Crippen molar-refractivity contribution in [1.82, 2.24) is 20.3 Å². The maximum Gasteiger partial charge on any atom is 0.417 e. The molecule has 0 bridgehead atoms. The number of pyridine rings is 1. The average molecular weight is 466 g/mol. The lowest BCUT2D eigenvalue weighted by Crippen LogP contribution is -2.27. The van der Waals surface area contributed by atoms with Crippen molar-refractivity contribution in [2.24, 2.45) is 5.73 Å². The molecule has 2 heterocycles. The van der Waals surface area contributed by atoms with Crippen LogP contribution in [0.15, 0.2) is 42.7 Å². The van der Waals surface area contributed by atoms with E-state index >= 15 is 0 Å². The lowest BCUT2D eigenvalue weighted by molar-refractivity contribution is -0.137. The Balaban J connectivity index is 1.95. The number of nitrogens with zero attached hydrogens (tertiary/aromatic N) is 3. The Morgan fingerprint density at radius 1 is 1.06 bits per heavy atom. The Kier molecular flexibility index (Phi) is 7.48. The van der Waals surface area contributed by atoms with Gasteiger partial charge in [-0.1, -0.05) is 6.07 Å². The number of alkyl halides is 3. The average Bonchev–Trinajstić information content (AvgIpc) is 2.78. The molecule has 0 fully saturated rings. The number of nitrogens with two attached hydrogens (primary N) is 1. The van der Waals surface area contributed by atoms with Crippen LogP contribution in [0.2, 0.25) is 0 Å². The van der Waals surface area contributed by atoms with Crippen LogP contribution < -0.4 is 16.4 Å². The summed E-state index contributed by atoms with van der Waals surface area (Å²) < 4.78 is 66.3. The molecule has 0 unspecified atom stereocenters. The van der Waals surface area contributed by atoms with Gasteiger partial charge in [-0.25, -0.2) is 18.7 Å². The van der Waals surface area contributed by atoms with Gasteiger partial charge in [0.25, 0.3) is 5.91 Å². The van der Waals surface area contributed by atoms with Crippen LogP contribution in [0.3, 0.4) is 0 Å². The van der Waals surface area contributed by atoms with Gasteiger partial charge in [-0.2, -0.15) is 13.2 Å². The van der Waals surface area contributed by atoms with Crippen molar-refractivity contribution in [2.75, 3.05) is 18.4 Å². The van der Waals surface area contributed by atoms with Crippen molar-refractivity contribution in [3.05, 3.63) is 71.2 Å². The van der Waals surface area contributed by atoms with Crippen LogP contribution in [0, 0.1) is 11.6 Å². The van der Waals surface area contributed by atoms with Crippen LogP contribution >= 0.6 is 0 Å². The van der Waals surface area contributed by atoms with E-state index in [1.54, 1.807) is 0 Å². The maximum absolute atomic E-state index is 13.9. The number of aromatic nitrogens is 3. The first-order valence-electron chi connectivity index (χ1n) is 9.75. The third-order valence-corrected chi connectivity index (χ3v) is 4.42. The number of carbonyl (C=O) groups excluding carboxylic acids is 1. The zero-order chi connectivity index (χ0) is 24.0. The van der Waals surface area contributed by atoms with Gasteiger partial charge >= 0.3 is 6.18 Å². The molecule has 0 saturated carbocycles. The molecule has 1 amide bonds. The summed E-state index contributed by atoms with van der Waals surface area (Å²) in [7, 11) is 0. The Bertz CT molecular complexity index is 1140. The molecule has 33 heavy (non-hydrogen) atoms. The van der Waals surface area contributed by atoms with Crippen LogP contribution in [0.5, 0.6) is 0 Å². The first-order chi connectivity index (χ1) is 15.7. The predicted molar refractivity (Wildman–Crippen MR) is 110 cm³/mol. The summed E-state index contributed by atoms with van der Waals surface area (Å²) in [6.07, 6.45) is -2.34. The van der Waals surface area contributed by atoms with E-state index in [9.17, 15) is 26.7 Å². The fourth-order valence-corrected chi connectivity index (χ4v) is 2.75. The zero-order valence-corrected chi connectivity index (χ0v) is 17.1. The maximum atomic E-state index is 13.9. The summed E-state index contributed by atoms with van der Waals surface area (Å²) in [5, 5.41) is 5.38. The van der Waals surface area contributed by atoms with E-state index in [4.69, 9.17) is 5.73 Å². The molecule has 0 aliphatic heterocycles. The smallest absolute Gasteiger partial charge is 0.366 e. The standard InChI is InChI=1S/C21H19F5N6O/c22-15-3-2-12(16(23)7-15)10-30-18-8-17(20(33)29-5-1-4-27)31-19(32-18)13-6-14(11-28-9-13)21(24,25)26/h2-3,6-9,11H,1,4-5,10,27H2,(H,29,33)(H,30,31,32). The van der Waals surface area contributed by atoms with Gasteiger partial charge in [0.1, 0.15) is 23.1 Å². The number of benzene rings is 1. The summed E-state index contributed by atoms with van der Waals surface area (Å²) in [6, 6.07) is 5.10. The van der Waals surface area contributed by atoms with Gasteiger partial charge < -0.3 is 16.4 Å². The minimum Gasteiger partial charge on any atom is -0.366 e. The molecule has 0 atom stereocenters. The molecular weight excluding hydrogens is 447 g/mol. The quantitative estimate of drug-likeness (QED) is 0.347.